The molecule has 1 saturated heterocycles. The molecule has 2 heteroatoms. The molecule has 1 unspecified atom stereocenters. The molecule has 1 heterocycles. The lowest BCUT2D eigenvalue weighted by atomic mass is 9.89. The predicted molar refractivity (Wildman–Crippen MR) is 80.3 cm³/mol. The molecule has 2 aromatic rings. The molecule has 0 aliphatic carbocycles. The summed E-state index contributed by atoms with van der Waals surface area (Å²) >= 11 is 0. The minimum atomic E-state index is 0.0358. The van der Waals surface area contributed by atoms with E-state index in [4.69, 9.17) is 0 Å². The number of hydrogen-bond donors (Lipinski definition) is 0. The standard InChI is InChI=1S/C18H19NO/c20-18-17(16-10-5-2-6-11-16)12-7-13-19(18)14-15-8-3-1-4-9-15/h1-6,8-11,17H,7,12-14H2. The SMILES string of the molecule is O=C1C(c2ccccc2)CCCN1Cc1ccccc1. The maximum absolute atomic E-state index is 12.7. The molecule has 1 aliphatic rings. The maximum Gasteiger partial charge on any atom is 0.230 e. The van der Waals surface area contributed by atoms with Crippen LogP contribution in [-0.4, -0.2) is 17.4 Å². The van der Waals surface area contributed by atoms with Crippen LogP contribution in [0.4, 0.5) is 0 Å². The molecule has 2 nitrogen and oxygen atoms in total. The Morgan fingerprint density at radius 2 is 1.60 bits per heavy atom. The van der Waals surface area contributed by atoms with Gasteiger partial charge in [-0.05, 0) is 24.0 Å². The Hall–Kier alpha value is -2.09. The van der Waals surface area contributed by atoms with Gasteiger partial charge in [-0.2, -0.15) is 0 Å². The van der Waals surface area contributed by atoms with E-state index in [1.165, 1.54) is 5.56 Å². The number of carbonyl (C=O) groups is 1. The van der Waals surface area contributed by atoms with Crippen molar-refractivity contribution >= 4 is 5.91 Å². The van der Waals surface area contributed by atoms with Crippen molar-refractivity contribution in [1.29, 1.82) is 0 Å². The molecule has 0 saturated carbocycles. The van der Waals surface area contributed by atoms with E-state index in [9.17, 15) is 4.79 Å². The van der Waals surface area contributed by atoms with Crippen molar-refractivity contribution in [3.05, 3.63) is 71.8 Å². The van der Waals surface area contributed by atoms with Crippen LogP contribution in [0.15, 0.2) is 60.7 Å². The number of carbonyl (C=O) groups excluding carboxylic acids is 1. The van der Waals surface area contributed by atoms with Crippen molar-refractivity contribution in [2.24, 2.45) is 0 Å². The van der Waals surface area contributed by atoms with E-state index >= 15 is 0 Å². The normalized spacial score (nSPS) is 19.1. The molecule has 0 N–H and O–H groups in total. The fourth-order valence-electron chi connectivity index (χ4n) is 2.90. The van der Waals surface area contributed by atoms with Crippen LogP contribution >= 0.6 is 0 Å². The first kappa shape index (κ1) is 12.9. The molecular formula is C18H19NO. The summed E-state index contributed by atoms with van der Waals surface area (Å²) in [6, 6.07) is 20.4. The zero-order valence-corrected chi connectivity index (χ0v) is 11.5. The van der Waals surface area contributed by atoms with E-state index < -0.39 is 0 Å². The van der Waals surface area contributed by atoms with Crippen LogP contribution in [0, 0.1) is 0 Å². The summed E-state index contributed by atoms with van der Waals surface area (Å²) in [5.41, 5.74) is 2.35. The minimum absolute atomic E-state index is 0.0358. The summed E-state index contributed by atoms with van der Waals surface area (Å²) in [4.78, 5) is 14.7. The average Bonchev–Trinajstić information content (AvgIpc) is 2.51. The monoisotopic (exact) mass is 265 g/mol. The van der Waals surface area contributed by atoms with Crippen molar-refractivity contribution < 1.29 is 4.79 Å². The number of likely N-dealkylation sites (tertiary alicyclic amines) is 1. The van der Waals surface area contributed by atoms with Crippen molar-refractivity contribution in [2.75, 3.05) is 6.54 Å². The largest absolute Gasteiger partial charge is 0.338 e. The lowest BCUT2D eigenvalue weighted by molar-refractivity contribution is -0.135. The zero-order valence-electron chi connectivity index (χ0n) is 11.5. The highest BCUT2D eigenvalue weighted by Crippen LogP contribution is 2.28. The van der Waals surface area contributed by atoms with Crippen molar-refractivity contribution in [3.63, 3.8) is 0 Å². The Kier molecular flexibility index (Phi) is 3.82. The van der Waals surface area contributed by atoms with E-state index in [1.54, 1.807) is 0 Å². The molecule has 102 valence electrons. The average molecular weight is 265 g/mol. The van der Waals surface area contributed by atoms with Gasteiger partial charge >= 0.3 is 0 Å². The molecular weight excluding hydrogens is 246 g/mol. The Morgan fingerprint density at radius 1 is 0.950 bits per heavy atom. The number of nitrogens with zero attached hydrogens (tertiary/aromatic N) is 1. The molecule has 1 amide bonds. The lowest BCUT2D eigenvalue weighted by Crippen LogP contribution is -2.39. The van der Waals surface area contributed by atoms with E-state index in [1.807, 2.05) is 41.3 Å². The summed E-state index contributed by atoms with van der Waals surface area (Å²) in [6.07, 6.45) is 2.05. The van der Waals surface area contributed by atoms with Gasteiger partial charge in [0.1, 0.15) is 0 Å². The molecule has 0 spiro atoms. The van der Waals surface area contributed by atoms with Gasteiger partial charge in [0.2, 0.25) is 5.91 Å². The molecule has 1 atom stereocenters. The Bertz CT molecular complexity index is 564. The molecule has 0 aromatic heterocycles. The Balaban J connectivity index is 1.76. The van der Waals surface area contributed by atoms with Gasteiger partial charge in [-0.15, -0.1) is 0 Å². The molecule has 0 radical (unpaired) electrons. The number of amides is 1. The number of benzene rings is 2. The topological polar surface area (TPSA) is 20.3 Å². The fourth-order valence-corrected chi connectivity index (χ4v) is 2.90. The summed E-state index contributed by atoms with van der Waals surface area (Å²) in [5.74, 6) is 0.306. The highest BCUT2D eigenvalue weighted by atomic mass is 16.2. The van der Waals surface area contributed by atoms with Gasteiger partial charge in [0.25, 0.3) is 0 Å². The minimum Gasteiger partial charge on any atom is -0.338 e. The van der Waals surface area contributed by atoms with Crippen LogP contribution in [-0.2, 0) is 11.3 Å². The lowest BCUT2D eigenvalue weighted by Gasteiger charge is -2.32. The second-order valence-electron chi connectivity index (χ2n) is 5.35. The first-order chi connectivity index (χ1) is 9.84. The molecule has 0 bridgehead atoms. The van der Waals surface area contributed by atoms with Gasteiger partial charge in [-0.1, -0.05) is 60.7 Å². The second-order valence-corrected chi connectivity index (χ2v) is 5.35. The van der Waals surface area contributed by atoms with Crippen LogP contribution < -0.4 is 0 Å². The summed E-state index contributed by atoms with van der Waals surface area (Å²) in [6.45, 7) is 1.60. The van der Waals surface area contributed by atoms with E-state index in [0.717, 1.165) is 31.5 Å². The van der Waals surface area contributed by atoms with Gasteiger partial charge < -0.3 is 4.90 Å². The number of rotatable bonds is 3. The third kappa shape index (κ3) is 2.74. The highest BCUT2D eigenvalue weighted by molar-refractivity contribution is 5.84. The van der Waals surface area contributed by atoms with Crippen LogP contribution in [0.3, 0.4) is 0 Å². The fraction of sp³-hybridized carbons (Fsp3) is 0.278. The number of piperidine rings is 1. The third-order valence-electron chi connectivity index (χ3n) is 3.95. The first-order valence-electron chi connectivity index (χ1n) is 7.22. The van der Waals surface area contributed by atoms with Gasteiger partial charge in [0, 0.05) is 13.1 Å². The quantitative estimate of drug-likeness (QED) is 0.830. The number of hydrogen-bond acceptors (Lipinski definition) is 1. The van der Waals surface area contributed by atoms with E-state index in [-0.39, 0.29) is 11.8 Å². The Labute approximate surface area is 120 Å². The van der Waals surface area contributed by atoms with Crippen LogP contribution in [0.1, 0.15) is 29.9 Å². The van der Waals surface area contributed by atoms with Gasteiger partial charge in [-0.3, -0.25) is 4.79 Å². The maximum atomic E-state index is 12.7. The van der Waals surface area contributed by atoms with Gasteiger partial charge in [0.05, 0.1) is 5.92 Å². The summed E-state index contributed by atoms with van der Waals surface area (Å²) in [5, 5.41) is 0. The van der Waals surface area contributed by atoms with Crippen LogP contribution in [0.25, 0.3) is 0 Å². The molecule has 1 fully saturated rings. The van der Waals surface area contributed by atoms with Crippen molar-refractivity contribution in [2.45, 2.75) is 25.3 Å². The Morgan fingerprint density at radius 3 is 2.30 bits per heavy atom. The molecule has 1 aliphatic heterocycles. The van der Waals surface area contributed by atoms with Crippen LogP contribution in [0.5, 0.6) is 0 Å². The zero-order chi connectivity index (χ0) is 13.8. The summed E-state index contributed by atoms with van der Waals surface area (Å²) < 4.78 is 0. The predicted octanol–water partition coefficient (Wildman–Crippen LogP) is 3.59. The first-order valence-corrected chi connectivity index (χ1v) is 7.22. The van der Waals surface area contributed by atoms with E-state index in [2.05, 4.69) is 24.3 Å². The molecule has 20 heavy (non-hydrogen) atoms. The molecule has 2 aromatic carbocycles. The third-order valence-corrected chi connectivity index (χ3v) is 3.95. The smallest absolute Gasteiger partial charge is 0.230 e. The summed E-state index contributed by atoms with van der Waals surface area (Å²) in [7, 11) is 0. The van der Waals surface area contributed by atoms with Gasteiger partial charge in [0.15, 0.2) is 0 Å². The second kappa shape index (κ2) is 5.91. The van der Waals surface area contributed by atoms with Crippen LogP contribution in [0.2, 0.25) is 0 Å². The molecule has 3 rings (SSSR count). The van der Waals surface area contributed by atoms with Crippen molar-refractivity contribution in [3.8, 4) is 0 Å². The van der Waals surface area contributed by atoms with E-state index in [0.29, 0.717) is 0 Å². The highest BCUT2D eigenvalue weighted by Gasteiger charge is 2.29. The van der Waals surface area contributed by atoms with Crippen molar-refractivity contribution in [1.82, 2.24) is 4.90 Å². The van der Waals surface area contributed by atoms with Gasteiger partial charge in [-0.25, -0.2) is 0 Å².